The van der Waals surface area contributed by atoms with E-state index in [9.17, 15) is 43.2 Å². The second kappa shape index (κ2) is 62.2. The fourth-order valence-electron chi connectivity index (χ4n) is 10.6. The summed E-state index contributed by atoms with van der Waals surface area (Å²) in [7, 11) is -9.90. The molecule has 0 aromatic heterocycles. The van der Waals surface area contributed by atoms with Gasteiger partial charge in [0.15, 0.2) is 12.2 Å². The van der Waals surface area contributed by atoms with Gasteiger partial charge in [0.1, 0.15) is 19.3 Å². The number of hydrogen-bond acceptors (Lipinski definition) is 15. The molecular weight excluding hydrogens is 1170 g/mol. The molecule has 0 aliphatic heterocycles. The molecule has 0 amide bonds. The van der Waals surface area contributed by atoms with E-state index in [4.69, 9.17) is 37.0 Å². The molecule has 89 heavy (non-hydrogen) atoms. The van der Waals surface area contributed by atoms with E-state index in [1.54, 1.807) is 0 Å². The molecule has 0 aliphatic carbocycles. The summed E-state index contributed by atoms with van der Waals surface area (Å²) in [6.07, 6.45) is 47.2. The zero-order chi connectivity index (χ0) is 65.7. The van der Waals surface area contributed by atoms with E-state index in [1.807, 2.05) is 0 Å². The summed E-state index contributed by atoms with van der Waals surface area (Å²) in [4.78, 5) is 72.5. The molecule has 0 bridgehead atoms. The average Bonchev–Trinajstić information content (AvgIpc) is 3.62. The molecule has 0 saturated carbocycles. The monoisotopic (exact) mass is 1310 g/mol. The number of rotatable bonds is 69. The quantitative estimate of drug-likeness (QED) is 0.0222. The first-order valence-corrected chi connectivity index (χ1v) is 39.5. The highest BCUT2D eigenvalue weighted by atomic mass is 31.2. The van der Waals surface area contributed by atoms with Crippen LogP contribution in [-0.4, -0.2) is 96.7 Å². The largest absolute Gasteiger partial charge is 0.472 e. The van der Waals surface area contributed by atoms with Crippen molar-refractivity contribution >= 4 is 39.5 Å². The average molecular weight is 1310 g/mol. The zero-order valence-corrected chi connectivity index (χ0v) is 59.5. The van der Waals surface area contributed by atoms with E-state index in [0.717, 1.165) is 102 Å². The van der Waals surface area contributed by atoms with E-state index in [-0.39, 0.29) is 25.7 Å². The summed E-state index contributed by atoms with van der Waals surface area (Å²) in [6.45, 7) is 9.47. The first-order chi connectivity index (χ1) is 42.9. The van der Waals surface area contributed by atoms with Crippen molar-refractivity contribution in [2.24, 2.45) is 11.8 Å². The van der Waals surface area contributed by atoms with Crippen LogP contribution in [0.5, 0.6) is 0 Å². The molecule has 17 nitrogen and oxygen atoms in total. The molecule has 5 atom stereocenters. The number of carbonyl (C=O) groups excluding carboxylic acids is 4. The van der Waals surface area contributed by atoms with Crippen molar-refractivity contribution in [3.8, 4) is 0 Å². The van der Waals surface area contributed by atoms with E-state index < -0.39 is 97.5 Å². The molecule has 0 aromatic carbocycles. The highest BCUT2D eigenvalue weighted by molar-refractivity contribution is 7.47. The molecule has 0 heterocycles. The molecule has 2 unspecified atom stereocenters. The number of aliphatic hydroxyl groups excluding tert-OH is 1. The van der Waals surface area contributed by atoms with Crippen molar-refractivity contribution < 1.29 is 80.2 Å². The summed E-state index contributed by atoms with van der Waals surface area (Å²) in [5.74, 6) is -0.685. The van der Waals surface area contributed by atoms with Crippen LogP contribution in [0.1, 0.15) is 356 Å². The van der Waals surface area contributed by atoms with Crippen LogP contribution in [0.25, 0.3) is 0 Å². The maximum absolute atomic E-state index is 13.0. The van der Waals surface area contributed by atoms with Crippen LogP contribution in [-0.2, 0) is 65.4 Å². The minimum Gasteiger partial charge on any atom is -0.462 e. The number of carbonyl (C=O) groups is 4. The van der Waals surface area contributed by atoms with Crippen molar-refractivity contribution in [1.82, 2.24) is 0 Å². The second-order valence-corrected chi connectivity index (χ2v) is 29.1. The Morgan fingerprint density at radius 3 is 0.764 bits per heavy atom. The second-order valence-electron chi connectivity index (χ2n) is 26.2. The van der Waals surface area contributed by atoms with Crippen LogP contribution in [0.2, 0.25) is 0 Å². The third kappa shape index (κ3) is 64.6. The van der Waals surface area contributed by atoms with Gasteiger partial charge in [-0.15, -0.1) is 0 Å². The Hall–Kier alpha value is -1.94. The maximum Gasteiger partial charge on any atom is 0.472 e. The maximum atomic E-state index is 13.0. The van der Waals surface area contributed by atoms with E-state index in [0.29, 0.717) is 31.6 Å². The Balaban J connectivity index is 5.25. The van der Waals surface area contributed by atoms with Gasteiger partial charge in [0.25, 0.3) is 0 Å². The number of unbranched alkanes of at least 4 members (excludes halogenated alkanes) is 39. The molecule has 0 fully saturated rings. The fourth-order valence-corrected chi connectivity index (χ4v) is 12.2. The highest BCUT2D eigenvalue weighted by Gasteiger charge is 2.30. The standard InChI is InChI=1S/C70H136O17P2/c1-7-9-11-13-15-17-19-21-23-25-31-35-43-49-55-69(74)86-65(58-80-67(72)52-46-40-33-29-27-26-28-32-38-44-50-62(3)4)60-84-88(76,77)82-56-64(71)57-83-89(78,79)85-61-66(59-81-68(73)53-47-41-37-36-39-45-51-63(5)6)87-70(75)54-48-42-34-30-24-22-20-18-16-14-12-10-8-2/h62-66,71H,7-61H2,1-6H3,(H,76,77)(H,78,79)/t64-,65-,66-/m1/s1. The van der Waals surface area contributed by atoms with Crippen LogP contribution >= 0.6 is 15.6 Å². The van der Waals surface area contributed by atoms with Crippen molar-refractivity contribution in [3.63, 3.8) is 0 Å². The lowest BCUT2D eigenvalue weighted by molar-refractivity contribution is -0.161. The van der Waals surface area contributed by atoms with E-state index in [2.05, 4.69) is 41.5 Å². The van der Waals surface area contributed by atoms with Crippen molar-refractivity contribution in [2.75, 3.05) is 39.6 Å². The number of phosphoric ester groups is 2. The van der Waals surface area contributed by atoms with Crippen molar-refractivity contribution in [2.45, 2.75) is 374 Å². The molecule has 19 heteroatoms. The number of ether oxygens (including phenoxy) is 4. The molecule has 0 aliphatic rings. The lowest BCUT2D eigenvalue weighted by Gasteiger charge is -2.21. The number of hydrogen-bond donors (Lipinski definition) is 3. The molecule has 0 aromatic rings. The van der Waals surface area contributed by atoms with Gasteiger partial charge >= 0.3 is 39.5 Å². The first kappa shape index (κ1) is 87.1. The van der Waals surface area contributed by atoms with Gasteiger partial charge in [0, 0.05) is 25.7 Å². The van der Waals surface area contributed by atoms with E-state index >= 15 is 0 Å². The van der Waals surface area contributed by atoms with Gasteiger partial charge in [-0.2, -0.15) is 0 Å². The van der Waals surface area contributed by atoms with Gasteiger partial charge in [0.2, 0.25) is 0 Å². The van der Waals surface area contributed by atoms with Gasteiger partial charge in [-0.1, -0.05) is 305 Å². The topological polar surface area (TPSA) is 237 Å². The predicted molar refractivity (Wildman–Crippen MR) is 358 cm³/mol. The highest BCUT2D eigenvalue weighted by Crippen LogP contribution is 2.45. The Morgan fingerprint density at radius 1 is 0.303 bits per heavy atom. The minimum atomic E-state index is -4.95. The third-order valence-corrected chi connectivity index (χ3v) is 18.1. The number of aliphatic hydroxyl groups is 1. The fraction of sp³-hybridized carbons (Fsp3) is 0.943. The number of esters is 4. The Kier molecular flexibility index (Phi) is 60.8. The minimum absolute atomic E-state index is 0.106. The van der Waals surface area contributed by atoms with Crippen LogP contribution in [0.15, 0.2) is 0 Å². The Bertz CT molecular complexity index is 1730. The van der Waals surface area contributed by atoms with Crippen LogP contribution in [0, 0.1) is 11.8 Å². The lowest BCUT2D eigenvalue weighted by atomic mass is 10.0. The summed E-state index contributed by atoms with van der Waals surface area (Å²) in [5, 5.41) is 10.6. The zero-order valence-electron chi connectivity index (χ0n) is 57.7. The molecule has 0 rings (SSSR count). The lowest BCUT2D eigenvalue weighted by Crippen LogP contribution is -2.30. The summed E-state index contributed by atoms with van der Waals surface area (Å²) in [5.41, 5.74) is 0. The van der Waals surface area contributed by atoms with Gasteiger partial charge in [-0.05, 0) is 37.5 Å². The summed E-state index contributed by atoms with van der Waals surface area (Å²) >= 11 is 0. The smallest absolute Gasteiger partial charge is 0.462 e. The van der Waals surface area contributed by atoms with Gasteiger partial charge in [-0.25, -0.2) is 9.13 Å². The first-order valence-electron chi connectivity index (χ1n) is 36.5. The summed E-state index contributed by atoms with van der Waals surface area (Å²) in [6, 6.07) is 0. The molecular formula is C70H136O17P2. The van der Waals surface area contributed by atoms with Crippen LogP contribution < -0.4 is 0 Å². The van der Waals surface area contributed by atoms with Crippen molar-refractivity contribution in [3.05, 3.63) is 0 Å². The summed E-state index contributed by atoms with van der Waals surface area (Å²) < 4.78 is 68.3. The Labute approximate surface area is 543 Å². The Morgan fingerprint density at radius 2 is 0.517 bits per heavy atom. The normalized spacial score (nSPS) is 14.1. The van der Waals surface area contributed by atoms with Crippen LogP contribution in [0.4, 0.5) is 0 Å². The molecule has 0 saturated heterocycles. The SMILES string of the molecule is CCCCCCCCCCCCCCCCC(=O)O[C@H](COC(=O)CCCCCCCCCCCCC(C)C)COP(=O)(O)OC[C@@H](O)COP(=O)(O)OC[C@@H](COC(=O)CCCCCCCCC(C)C)OC(=O)CCCCCCCCCCCCCCC. The molecule has 528 valence electrons. The third-order valence-electron chi connectivity index (χ3n) is 16.2. The van der Waals surface area contributed by atoms with Gasteiger partial charge in [-0.3, -0.25) is 37.3 Å². The van der Waals surface area contributed by atoms with Crippen LogP contribution in [0.3, 0.4) is 0 Å². The van der Waals surface area contributed by atoms with Gasteiger partial charge in [0.05, 0.1) is 26.4 Å². The predicted octanol–water partition coefficient (Wildman–Crippen LogP) is 20.0. The molecule has 0 spiro atoms. The number of phosphoric acid groups is 2. The van der Waals surface area contributed by atoms with Gasteiger partial charge < -0.3 is 33.8 Å². The molecule has 0 radical (unpaired) electrons. The van der Waals surface area contributed by atoms with E-state index in [1.165, 1.54) is 167 Å². The van der Waals surface area contributed by atoms with Crippen molar-refractivity contribution in [1.29, 1.82) is 0 Å². The molecule has 3 N–H and O–H groups in total.